The Hall–Kier alpha value is -4.09. The van der Waals surface area contributed by atoms with Gasteiger partial charge < -0.3 is 19.9 Å². The number of amides is 1. The number of carboxylic acid groups (broad SMARTS) is 1. The lowest BCUT2D eigenvalue weighted by molar-refractivity contribution is -0.112. The normalized spacial score (nSPS) is 10.8. The maximum atomic E-state index is 12.6. The van der Waals surface area contributed by atoms with Crippen LogP contribution in [0.1, 0.15) is 27.0 Å². The van der Waals surface area contributed by atoms with Crippen molar-refractivity contribution in [1.29, 1.82) is 5.26 Å². The number of nitrogens with zero attached hydrogens (tertiary/aromatic N) is 1. The van der Waals surface area contributed by atoms with E-state index in [1.807, 2.05) is 25.1 Å². The first kappa shape index (κ1) is 24.6. The van der Waals surface area contributed by atoms with Crippen molar-refractivity contribution in [3.63, 3.8) is 0 Å². The van der Waals surface area contributed by atoms with Crippen molar-refractivity contribution in [1.82, 2.24) is 0 Å². The van der Waals surface area contributed by atoms with Gasteiger partial charge in [-0.05, 0) is 60.5 Å². The van der Waals surface area contributed by atoms with Crippen molar-refractivity contribution in [3.8, 4) is 17.6 Å². The molecular weight excluding hydrogens is 500 g/mol. The summed E-state index contributed by atoms with van der Waals surface area (Å²) in [6.45, 7) is 2.14. The zero-order valence-electron chi connectivity index (χ0n) is 18.5. The number of rotatable bonds is 8. The Morgan fingerprint density at radius 2 is 1.76 bits per heavy atom. The fourth-order valence-corrected chi connectivity index (χ4v) is 3.41. The molecule has 1 amide bonds. The van der Waals surface area contributed by atoms with Crippen LogP contribution in [0.15, 0.2) is 70.7 Å². The second-order valence-electron chi connectivity index (χ2n) is 7.31. The number of methoxy groups -OCH3 is 1. The number of carboxylic acids is 1. The third kappa shape index (κ3) is 6.24. The highest BCUT2D eigenvalue weighted by molar-refractivity contribution is 9.10. The molecule has 0 aliphatic heterocycles. The van der Waals surface area contributed by atoms with E-state index in [1.165, 1.54) is 25.3 Å². The van der Waals surface area contributed by atoms with Crippen LogP contribution < -0.4 is 14.8 Å². The van der Waals surface area contributed by atoms with Crippen LogP contribution in [-0.4, -0.2) is 24.1 Å². The molecule has 0 aliphatic carbocycles. The molecule has 0 radical (unpaired) electrons. The van der Waals surface area contributed by atoms with Crippen LogP contribution in [0.4, 0.5) is 5.69 Å². The summed E-state index contributed by atoms with van der Waals surface area (Å²) in [6, 6.07) is 18.9. The van der Waals surface area contributed by atoms with Crippen LogP contribution in [0.2, 0.25) is 0 Å². The van der Waals surface area contributed by atoms with E-state index < -0.39 is 11.9 Å². The molecule has 3 aromatic carbocycles. The Labute approximate surface area is 205 Å². The van der Waals surface area contributed by atoms with Crippen LogP contribution in [0, 0.1) is 18.3 Å². The summed E-state index contributed by atoms with van der Waals surface area (Å²) in [6.07, 6.45) is 1.46. The number of aromatic carboxylic acids is 1. The van der Waals surface area contributed by atoms with Crippen molar-refractivity contribution in [3.05, 3.63) is 93.0 Å². The molecule has 0 spiro atoms. The molecule has 0 fully saturated rings. The molecule has 172 valence electrons. The number of carbonyl (C=O) groups excluding carboxylic acids is 1. The molecule has 34 heavy (non-hydrogen) atoms. The zero-order valence-corrected chi connectivity index (χ0v) is 20.0. The standard InChI is InChI=1S/C26H21BrN2O5/c1-16-3-9-21(10-4-16)29-25(30)20(14-28)11-19-12-23(33-2)24(13-22(19)27)34-15-17-5-7-18(8-6-17)26(31)32/h3-13H,15H2,1-2H3,(H,29,30)(H,31,32)/b20-11+. The van der Waals surface area contributed by atoms with E-state index in [1.54, 1.807) is 36.4 Å². The summed E-state index contributed by atoms with van der Waals surface area (Å²) in [5.41, 5.74) is 3.12. The van der Waals surface area contributed by atoms with Gasteiger partial charge in [0.05, 0.1) is 12.7 Å². The minimum absolute atomic E-state index is 0.0736. The minimum Gasteiger partial charge on any atom is -0.493 e. The zero-order chi connectivity index (χ0) is 24.7. The average molecular weight is 521 g/mol. The largest absolute Gasteiger partial charge is 0.493 e. The number of anilines is 1. The predicted molar refractivity (Wildman–Crippen MR) is 132 cm³/mol. The van der Waals surface area contributed by atoms with Crippen LogP contribution >= 0.6 is 15.9 Å². The first-order valence-corrected chi connectivity index (χ1v) is 10.9. The van der Waals surface area contributed by atoms with Gasteiger partial charge in [0, 0.05) is 10.2 Å². The fraction of sp³-hybridized carbons (Fsp3) is 0.115. The Bertz CT molecular complexity index is 1280. The van der Waals surface area contributed by atoms with Gasteiger partial charge in [-0.1, -0.05) is 45.8 Å². The van der Waals surface area contributed by atoms with Gasteiger partial charge in [-0.15, -0.1) is 0 Å². The molecule has 0 aliphatic rings. The van der Waals surface area contributed by atoms with Gasteiger partial charge in [-0.2, -0.15) is 5.26 Å². The van der Waals surface area contributed by atoms with Crippen LogP contribution in [0.5, 0.6) is 11.5 Å². The molecule has 0 unspecified atom stereocenters. The lowest BCUT2D eigenvalue weighted by atomic mass is 10.1. The van der Waals surface area contributed by atoms with Crippen molar-refractivity contribution >= 4 is 39.6 Å². The van der Waals surface area contributed by atoms with Gasteiger partial charge in [-0.25, -0.2) is 4.79 Å². The topological polar surface area (TPSA) is 109 Å². The van der Waals surface area contributed by atoms with Crippen molar-refractivity contribution in [2.24, 2.45) is 0 Å². The highest BCUT2D eigenvalue weighted by Crippen LogP contribution is 2.35. The highest BCUT2D eigenvalue weighted by atomic mass is 79.9. The maximum Gasteiger partial charge on any atom is 0.335 e. The third-order valence-corrected chi connectivity index (χ3v) is 5.54. The number of hydrogen-bond acceptors (Lipinski definition) is 5. The van der Waals surface area contributed by atoms with Gasteiger partial charge in [-0.3, -0.25) is 4.79 Å². The number of carbonyl (C=O) groups is 2. The number of hydrogen-bond donors (Lipinski definition) is 2. The second kappa shape index (κ2) is 11.2. The van der Waals surface area contributed by atoms with E-state index in [0.29, 0.717) is 27.2 Å². The van der Waals surface area contributed by atoms with Crippen molar-refractivity contribution in [2.75, 3.05) is 12.4 Å². The fourth-order valence-electron chi connectivity index (χ4n) is 2.98. The minimum atomic E-state index is -0.994. The van der Waals surface area contributed by atoms with E-state index in [2.05, 4.69) is 21.2 Å². The van der Waals surface area contributed by atoms with E-state index in [-0.39, 0.29) is 17.7 Å². The number of nitrogens with one attached hydrogen (secondary N) is 1. The van der Waals surface area contributed by atoms with Crippen molar-refractivity contribution < 1.29 is 24.2 Å². The Morgan fingerprint density at radius 1 is 1.09 bits per heavy atom. The molecule has 7 nitrogen and oxygen atoms in total. The molecule has 0 saturated heterocycles. The number of nitriles is 1. The third-order valence-electron chi connectivity index (χ3n) is 4.85. The summed E-state index contributed by atoms with van der Waals surface area (Å²) in [5, 5.41) is 21.2. The average Bonchev–Trinajstić information content (AvgIpc) is 2.83. The summed E-state index contributed by atoms with van der Waals surface area (Å²) in [7, 11) is 1.49. The first-order chi connectivity index (χ1) is 16.3. The molecule has 0 atom stereocenters. The van der Waals surface area contributed by atoms with E-state index >= 15 is 0 Å². The Kier molecular flexibility index (Phi) is 8.06. The molecular formula is C26H21BrN2O5. The van der Waals surface area contributed by atoms with Gasteiger partial charge in [0.15, 0.2) is 11.5 Å². The van der Waals surface area contributed by atoms with Gasteiger partial charge in [0.2, 0.25) is 0 Å². The van der Waals surface area contributed by atoms with E-state index in [4.69, 9.17) is 14.6 Å². The molecule has 3 aromatic rings. The van der Waals surface area contributed by atoms with Crippen LogP contribution in [0.3, 0.4) is 0 Å². The number of aryl methyl sites for hydroxylation is 1. The number of ether oxygens (including phenoxy) is 2. The van der Waals surface area contributed by atoms with Gasteiger partial charge >= 0.3 is 5.97 Å². The van der Waals surface area contributed by atoms with E-state index in [0.717, 1.165) is 11.1 Å². The molecule has 3 rings (SSSR count). The number of benzene rings is 3. The molecule has 0 aromatic heterocycles. The van der Waals surface area contributed by atoms with Gasteiger partial charge in [0.25, 0.3) is 5.91 Å². The lowest BCUT2D eigenvalue weighted by Gasteiger charge is -2.13. The monoisotopic (exact) mass is 520 g/mol. The predicted octanol–water partition coefficient (Wildman–Crippen LogP) is 5.59. The number of halogens is 1. The molecule has 2 N–H and O–H groups in total. The summed E-state index contributed by atoms with van der Waals surface area (Å²) in [4.78, 5) is 23.6. The molecule has 0 saturated carbocycles. The molecule has 0 bridgehead atoms. The lowest BCUT2D eigenvalue weighted by Crippen LogP contribution is -2.13. The SMILES string of the molecule is COc1cc(/C=C(\C#N)C(=O)Nc2ccc(C)cc2)c(Br)cc1OCc1ccc(C(=O)O)cc1. The van der Waals surface area contributed by atoms with Crippen LogP contribution in [0.25, 0.3) is 6.08 Å². The Balaban J connectivity index is 1.78. The van der Waals surface area contributed by atoms with Gasteiger partial charge in [0.1, 0.15) is 18.2 Å². The smallest absolute Gasteiger partial charge is 0.335 e. The van der Waals surface area contributed by atoms with Crippen LogP contribution in [-0.2, 0) is 11.4 Å². The molecule has 8 heteroatoms. The maximum absolute atomic E-state index is 12.6. The Morgan fingerprint density at radius 3 is 2.35 bits per heavy atom. The summed E-state index contributed by atoms with van der Waals surface area (Å²) in [5.74, 6) is -0.669. The summed E-state index contributed by atoms with van der Waals surface area (Å²) >= 11 is 3.46. The molecule has 0 heterocycles. The first-order valence-electron chi connectivity index (χ1n) is 10.1. The highest BCUT2D eigenvalue weighted by Gasteiger charge is 2.14. The van der Waals surface area contributed by atoms with Crippen molar-refractivity contribution in [2.45, 2.75) is 13.5 Å². The summed E-state index contributed by atoms with van der Waals surface area (Å²) < 4.78 is 11.9. The van der Waals surface area contributed by atoms with E-state index in [9.17, 15) is 14.9 Å². The second-order valence-corrected chi connectivity index (χ2v) is 8.16. The quantitative estimate of drug-likeness (QED) is 0.296.